The van der Waals surface area contributed by atoms with Crippen LogP contribution in [0.15, 0.2) is 0 Å². The molecule has 0 aliphatic rings. The fourth-order valence-corrected chi connectivity index (χ4v) is 1.07. The molecule has 0 aromatic carbocycles. The summed E-state index contributed by atoms with van der Waals surface area (Å²) in [5.74, 6) is -0.0308. The van der Waals surface area contributed by atoms with E-state index in [-0.39, 0.29) is 18.4 Å². The number of hydrogen-bond donors (Lipinski definition) is 1. The second-order valence-corrected chi connectivity index (χ2v) is 3.55. The van der Waals surface area contributed by atoms with Crippen LogP contribution in [0.5, 0.6) is 0 Å². The standard InChI is InChI=1S/C10H21N3O2/c1-5-13(8-10(15)12(3)4)9(14)6-7-11-2/h11H,5-8H2,1-4H3. The average molecular weight is 215 g/mol. The van der Waals surface area contributed by atoms with E-state index in [4.69, 9.17) is 0 Å². The topological polar surface area (TPSA) is 52.7 Å². The quantitative estimate of drug-likeness (QED) is 0.652. The van der Waals surface area contributed by atoms with Crippen LogP contribution in [-0.4, -0.2) is 62.4 Å². The summed E-state index contributed by atoms with van der Waals surface area (Å²) in [5.41, 5.74) is 0. The molecule has 0 aliphatic heterocycles. The molecule has 2 amide bonds. The fraction of sp³-hybridized carbons (Fsp3) is 0.800. The Morgan fingerprint density at radius 1 is 1.20 bits per heavy atom. The lowest BCUT2D eigenvalue weighted by atomic mass is 10.3. The van der Waals surface area contributed by atoms with Crippen molar-refractivity contribution in [2.45, 2.75) is 13.3 Å². The Morgan fingerprint density at radius 2 is 1.80 bits per heavy atom. The molecule has 0 aromatic heterocycles. The van der Waals surface area contributed by atoms with E-state index in [1.807, 2.05) is 6.92 Å². The molecule has 0 rings (SSSR count). The summed E-state index contributed by atoms with van der Waals surface area (Å²) in [4.78, 5) is 26.1. The number of nitrogens with one attached hydrogen (secondary N) is 1. The zero-order valence-corrected chi connectivity index (χ0v) is 10.0. The molecule has 15 heavy (non-hydrogen) atoms. The van der Waals surface area contributed by atoms with Crippen molar-refractivity contribution >= 4 is 11.8 Å². The monoisotopic (exact) mass is 215 g/mol. The van der Waals surface area contributed by atoms with Crippen LogP contribution in [0.4, 0.5) is 0 Å². The Morgan fingerprint density at radius 3 is 2.20 bits per heavy atom. The summed E-state index contributed by atoms with van der Waals surface area (Å²) >= 11 is 0. The van der Waals surface area contributed by atoms with Gasteiger partial charge in [0.25, 0.3) is 0 Å². The zero-order valence-electron chi connectivity index (χ0n) is 10.0. The molecule has 5 heteroatoms. The molecular formula is C10H21N3O2. The van der Waals surface area contributed by atoms with Crippen LogP contribution in [0, 0.1) is 0 Å². The van der Waals surface area contributed by atoms with E-state index in [0.717, 1.165) is 0 Å². The van der Waals surface area contributed by atoms with Crippen LogP contribution in [0.1, 0.15) is 13.3 Å². The normalized spacial score (nSPS) is 9.87. The summed E-state index contributed by atoms with van der Waals surface area (Å²) in [6, 6.07) is 0. The minimum absolute atomic E-state index is 0.0158. The Kier molecular flexibility index (Phi) is 6.70. The first-order valence-electron chi connectivity index (χ1n) is 5.15. The van der Waals surface area contributed by atoms with Gasteiger partial charge < -0.3 is 15.1 Å². The van der Waals surface area contributed by atoms with Crippen LogP contribution < -0.4 is 5.32 Å². The first kappa shape index (κ1) is 13.9. The SMILES string of the molecule is CCN(CC(=O)N(C)C)C(=O)CCNC. The van der Waals surface area contributed by atoms with E-state index in [1.54, 1.807) is 26.0 Å². The highest BCUT2D eigenvalue weighted by molar-refractivity contribution is 5.84. The van der Waals surface area contributed by atoms with Crippen LogP contribution in [0.3, 0.4) is 0 Å². The van der Waals surface area contributed by atoms with Gasteiger partial charge >= 0.3 is 0 Å². The van der Waals surface area contributed by atoms with Crippen LogP contribution in [-0.2, 0) is 9.59 Å². The maximum atomic E-state index is 11.6. The predicted octanol–water partition coefficient (Wildman–Crippen LogP) is -0.467. The van der Waals surface area contributed by atoms with Crippen molar-refractivity contribution in [1.29, 1.82) is 0 Å². The molecule has 0 atom stereocenters. The lowest BCUT2D eigenvalue weighted by Crippen LogP contribution is -2.40. The first-order chi connectivity index (χ1) is 7.02. The van der Waals surface area contributed by atoms with E-state index >= 15 is 0 Å². The maximum Gasteiger partial charge on any atom is 0.241 e. The van der Waals surface area contributed by atoms with Gasteiger partial charge in [0.15, 0.2) is 0 Å². The number of hydrogen-bond acceptors (Lipinski definition) is 3. The molecular weight excluding hydrogens is 194 g/mol. The number of nitrogens with zero attached hydrogens (tertiary/aromatic N) is 2. The van der Waals surface area contributed by atoms with Crippen molar-refractivity contribution in [2.24, 2.45) is 0 Å². The van der Waals surface area contributed by atoms with Gasteiger partial charge in [-0.3, -0.25) is 9.59 Å². The summed E-state index contributed by atoms with van der Waals surface area (Å²) in [6.07, 6.45) is 0.436. The fourth-order valence-electron chi connectivity index (χ4n) is 1.07. The van der Waals surface area contributed by atoms with E-state index in [1.165, 1.54) is 4.90 Å². The third-order valence-electron chi connectivity index (χ3n) is 2.15. The van der Waals surface area contributed by atoms with Gasteiger partial charge in [-0.2, -0.15) is 0 Å². The average Bonchev–Trinajstić information content (AvgIpc) is 2.21. The largest absolute Gasteiger partial charge is 0.347 e. The summed E-state index contributed by atoms with van der Waals surface area (Å²) in [6.45, 7) is 3.26. The molecule has 0 radical (unpaired) electrons. The van der Waals surface area contributed by atoms with Gasteiger partial charge in [-0.25, -0.2) is 0 Å². The Labute approximate surface area is 91.4 Å². The van der Waals surface area contributed by atoms with E-state index in [2.05, 4.69) is 5.32 Å². The van der Waals surface area contributed by atoms with Gasteiger partial charge in [-0.05, 0) is 14.0 Å². The van der Waals surface area contributed by atoms with Crippen LogP contribution in [0.25, 0.3) is 0 Å². The van der Waals surface area contributed by atoms with Crippen molar-refractivity contribution in [3.8, 4) is 0 Å². The van der Waals surface area contributed by atoms with E-state index < -0.39 is 0 Å². The van der Waals surface area contributed by atoms with E-state index in [0.29, 0.717) is 19.5 Å². The molecule has 1 N–H and O–H groups in total. The van der Waals surface area contributed by atoms with Gasteiger partial charge in [0.05, 0.1) is 6.54 Å². The lowest BCUT2D eigenvalue weighted by Gasteiger charge is -2.22. The van der Waals surface area contributed by atoms with Crippen molar-refractivity contribution in [3.05, 3.63) is 0 Å². The number of carbonyl (C=O) groups is 2. The number of amides is 2. The van der Waals surface area contributed by atoms with Crippen molar-refractivity contribution in [1.82, 2.24) is 15.1 Å². The molecule has 0 spiro atoms. The highest BCUT2D eigenvalue weighted by Crippen LogP contribution is 1.95. The number of rotatable bonds is 6. The van der Waals surface area contributed by atoms with Gasteiger partial charge in [0.1, 0.15) is 0 Å². The summed E-state index contributed by atoms with van der Waals surface area (Å²) in [7, 11) is 5.18. The highest BCUT2D eigenvalue weighted by Gasteiger charge is 2.15. The zero-order chi connectivity index (χ0) is 11.8. The van der Waals surface area contributed by atoms with Crippen LogP contribution in [0.2, 0.25) is 0 Å². The molecule has 5 nitrogen and oxygen atoms in total. The first-order valence-corrected chi connectivity index (χ1v) is 5.15. The molecule has 0 saturated carbocycles. The molecule has 0 bridgehead atoms. The van der Waals surface area contributed by atoms with Crippen molar-refractivity contribution in [2.75, 3.05) is 40.8 Å². The molecule has 0 fully saturated rings. The maximum absolute atomic E-state index is 11.6. The van der Waals surface area contributed by atoms with Gasteiger partial charge in [0.2, 0.25) is 11.8 Å². The third-order valence-corrected chi connectivity index (χ3v) is 2.15. The Bertz CT molecular complexity index is 217. The van der Waals surface area contributed by atoms with Gasteiger partial charge in [0, 0.05) is 33.6 Å². The Balaban J connectivity index is 4.12. The Hall–Kier alpha value is -1.10. The molecule has 0 unspecified atom stereocenters. The molecule has 88 valence electrons. The molecule has 0 aliphatic carbocycles. The second kappa shape index (κ2) is 7.23. The molecule has 0 aromatic rings. The van der Waals surface area contributed by atoms with E-state index in [9.17, 15) is 9.59 Å². The smallest absolute Gasteiger partial charge is 0.241 e. The number of likely N-dealkylation sites (N-methyl/N-ethyl adjacent to an activating group) is 2. The van der Waals surface area contributed by atoms with Gasteiger partial charge in [-0.15, -0.1) is 0 Å². The minimum Gasteiger partial charge on any atom is -0.347 e. The molecule has 0 heterocycles. The predicted molar refractivity (Wildman–Crippen MR) is 59.5 cm³/mol. The third kappa shape index (κ3) is 5.37. The minimum atomic E-state index is -0.0466. The second-order valence-electron chi connectivity index (χ2n) is 3.55. The number of carbonyl (C=O) groups excluding carboxylic acids is 2. The van der Waals surface area contributed by atoms with Crippen molar-refractivity contribution in [3.63, 3.8) is 0 Å². The highest BCUT2D eigenvalue weighted by atomic mass is 16.2. The summed E-state index contributed by atoms with van der Waals surface area (Å²) < 4.78 is 0. The lowest BCUT2D eigenvalue weighted by molar-refractivity contribution is -0.138. The molecule has 0 saturated heterocycles. The summed E-state index contributed by atoms with van der Waals surface area (Å²) in [5, 5.41) is 2.91. The van der Waals surface area contributed by atoms with Crippen LogP contribution >= 0.6 is 0 Å². The van der Waals surface area contributed by atoms with Crippen molar-refractivity contribution < 1.29 is 9.59 Å². The van der Waals surface area contributed by atoms with Gasteiger partial charge in [-0.1, -0.05) is 0 Å².